The van der Waals surface area contributed by atoms with Gasteiger partial charge in [-0.3, -0.25) is 4.90 Å². The summed E-state index contributed by atoms with van der Waals surface area (Å²) in [6.45, 7) is 11.3. The lowest BCUT2D eigenvalue weighted by Gasteiger charge is -2.37. The number of fused-ring (bicyclic) bond motifs is 2. The largest absolute Gasteiger partial charge is 0.485 e. The van der Waals surface area contributed by atoms with Gasteiger partial charge in [0.1, 0.15) is 11.4 Å². The molecule has 0 bridgehead atoms. The summed E-state index contributed by atoms with van der Waals surface area (Å²) in [6.07, 6.45) is 4.73. The van der Waals surface area contributed by atoms with Gasteiger partial charge in [-0.15, -0.1) is 24.8 Å². The highest BCUT2D eigenvalue weighted by atomic mass is 35.5. The number of piperidine rings is 1. The normalized spacial score (nSPS) is 24.7. The number of likely N-dealkylation sites (tertiary alicyclic amines) is 1. The van der Waals surface area contributed by atoms with Crippen LogP contribution in [0, 0.1) is 13.8 Å². The van der Waals surface area contributed by atoms with Crippen molar-refractivity contribution in [3.63, 3.8) is 0 Å². The second kappa shape index (κ2) is 8.98. The summed E-state index contributed by atoms with van der Waals surface area (Å²) in [5, 5.41) is 3.61. The van der Waals surface area contributed by atoms with Gasteiger partial charge in [0, 0.05) is 37.3 Å². The summed E-state index contributed by atoms with van der Waals surface area (Å²) in [6, 6.07) is 11.0. The summed E-state index contributed by atoms with van der Waals surface area (Å²) in [7, 11) is 0. The van der Waals surface area contributed by atoms with Crippen LogP contribution in [0.15, 0.2) is 30.3 Å². The van der Waals surface area contributed by atoms with Crippen molar-refractivity contribution >= 4 is 30.5 Å². The quantitative estimate of drug-likeness (QED) is 0.652. The zero-order valence-corrected chi connectivity index (χ0v) is 19.9. The molecule has 0 amide bonds. The lowest BCUT2D eigenvalue weighted by molar-refractivity contribution is 0.0510. The number of benzene rings is 2. The van der Waals surface area contributed by atoms with E-state index in [9.17, 15) is 0 Å². The van der Waals surface area contributed by atoms with E-state index in [0.717, 1.165) is 32.5 Å². The summed E-state index contributed by atoms with van der Waals surface area (Å²) in [5.74, 6) is 1.83. The molecule has 164 valence electrons. The van der Waals surface area contributed by atoms with Gasteiger partial charge < -0.3 is 10.1 Å². The van der Waals surface area contributed by atoms with E-state index in [-0.39, 0.29) is 30.4 Å². The van der Waals surface area contributed by atoms with Crippen LogP contribution in [0.4, 0.5) is 5.69 Å². The Morgan fingerprint density at radius 1 is 1.10 bits per heavy atom. The zero-order valence-electron chi connectivity index (χ0n) is 18.3. The first-order valence-corrected chi connectivity index (χ1v) is 10.9. The number of hydrogen-bond donors (Lipinski definition) is 1. The minimum atomic E-state index is -0.120. The van der Waals surface area contributed by atoms with E-state index < -0.39 is 0 Å². The molecule has 0 aromatic heterocycles. The minimum Gasteiger partial charge on any atom is -0.485 e. The highest BCUT2D eigenvalue weighted by molar-refractivity contribution is 5.85. The van der Waals surface area contributed by atoms with E-state index in [1.54, 1.807) is 0 Å². The van der Waals surface area contributed by atoms with Crippen molar-refractivity contribution in [3.8, 4) is 5.75 Å². The Labute approximate surface area is 193 Å². The van der Waals surface area contributed by atoms with Crippen molar-refractivity contribution in [2.45, 2.75) is 58.0 Å². The molecule has 2 atom stereocenters. The topological polar surface area (TPSA) is 24.5 Å². The minimum absolute atomic E-state index is 0. The fraction of sp³-hybridized carbons (Fsp3) is 0.520. The van der Waals surface area contributed by atoms with Gasteiger partial charge in [-0.25, -0.2) is 0 Å². The Morgan fingerprint density at radius 3 is 2.63 bits per heavy atom. The van der Waals surface area contributed by atoms with Gasteiger partial charge in [0.25, 0.3) is 0 Å². The van der Waals surface area contributed by atoms with E-state index in [0.29, 0.717) is 5.92 Å². The van der Waals surface area contributed by atoms with Gasteiger partial charge in [-0.05, 0) is 74.8 Å². The smallest absolute Gasteiger partial charge is 0.127 e. The van der Waals surface area contributed by atoms with Crippen molar-refractivity contribution in [2.24, 2.45) is 0 Å². The SMILES string of the molecule is Cc1c2c(c(C)c3c1NCC3)OC(C)(CN1CCCC(c3ccccc3)C1)C2.Cl.Cl. The molecule has 0 radical (unpaired) electrons. The molecular formula is C25H34Cl2N2O. The molecule has 2 aromatic rings. The molecule has 0 spiro atoms. The molecular weight excluding hydrogens is 415 g/mol. The molecule has 5 heteroatoms. The van der Waals surface area contributed by atoms with Crippen LogP contribution >= 0.6 is 24.8 Å². The van der Waals surface area contributed by atoms with Gasteiger partial charge in [-0.1, -0.05) is 30.3 Å². The average Bonchev–Trinajstić information content (AvgIpc) is 3.32. The molecule has 3 heterocycles. The van der Waals surface area contributed by atoms with E-state index in [1.165, 1.54) is 58.6 Å². The van der Waals surface area contributed by atoms with Gasteiger partial charge in [0.15, 0.2) is 0 Å². The lowest BCUT2D eigenvalue weighted by Crippen LogP contribution is -2.47. The molecule has 1 fully saturated rings. The maximum atomic E-state index is 6.71. The summed E-state index contributed by atoms with van der Waals surface area (Å²) < 4.78 is 6.71. The Bertz CT molecular complexity index is 861. The lowest BCUT2D eigenvalue weighted by atomic mass is 9.88. The van der Waals surface area contributed by atoms with Crippen molar-refractivity contribution in [2.75, 3.05) is 31.5 Å². The predicted molar refractivity (Wildman–Crippen MR) is 130 cm³/mol. The van der Waals surface area contributed by atoms with Gasteiger partial charge >= 0.3 is 0 Å². The predicted octanol–water partition coefficient (Wildman–Crippen LogP) is 5.69. The Hall–Kier alpha value is -1.42. The molecule has 0 saturated carbocycles. The molecule has 3 nitrogen and oxygen atoms in total. The standard InChI is InChI=1S/C25H32N2O.2ClH/c1-17-22-14-25(3,28-24(22)18(2)21-11-12-26-23(17)21)16-27-13-7-10-20(15-27)19-8-5-4-6-9-19;;/h4-6,8-9,20,26H,7,10-16H2,1-3H3;2*1H. The van der Waals surface area contributed by atoms with Crippen LogP contribution in [0.2, 0.25) is 0 Å². The fourth-order valence-corrected chi connectivity index (χ4v) is 5.73. The molecule has 2 unspecified atom stereocenters. The Morgan fingerprint density at radius 2 is 1.87 bits per heavy atom. The third-order valence-corrected chi connectivity index (χ3v) is 7.11. The van der Waals surface area contributed by atoms with Crippen LogP contribution in [0.25, 0.3) is 0 Å². The third kappa shape index (κ3) is 4.04. The van der Waals surface area contributed by atoms with Gasteiger partial charge in [0.2, 0.25) is 0 Å². The van der Waals surface area contributed by atoms with Crippen LogP contribution in [0.1, 0.15) is 53.5 Å². The molecule has 30 heavy (non-hydrogen) atoms. The van der Waals surface area contributed by atoms with Crippen molar-refractivity contribution in [3.05, 3.63) is 58.1 Å². The molecule has 2 aromatic carbocycles. The monoisotopic (exact) mass is 448 g/mol. The Balaban J connectivity index is 0.00000128. The number of nitrogens with zero attached hydrogens (tertiary/aromatic N) is 1. The fourth-order valence-electron chi connectivity index (χ4n) is 5.73. The van der Waals surface area contributed by atoms with E-state index >= 15 is 0 Å². The first-order valence-electron chi connectivity index (χ1n) is 10.9. The molecule has 5 rings (SSSR count). The maximum absolute atomic E-state index is 6.71. The zero-order chi connectivity index (χ0) is 19.3. The number of anilines is 1. The number of halogens is 2. The highest BCUT2D eigenvalue weighted by Gasteiger charge is 2.41. The van der Waals surface area contributed by atoms with Crippen LogP contribution in [0.3, 0.4) is 0 Å². The van der Waals surface area contributed by atoms with Gasteiger partial charge in [-0.2, -0.15) is 0 Å². The molecule has 1 N–H and O–H groups in total. The molecule has 3 aliphatic rings. The third-order valence-electron chi connectivity index (χ3n) is 7.11. The highest BCUT2D eigenvalue weighted by Crippen LogP contribution is 2.46. The van der Waals surface area contributed by atoms with E-state index in [2.05, 4.69) is 61.3 Å². The van der Waals surface area contributed by atoms with Gasteiger partial charge in [0.05, 0.1) is 0 Å². The average molecular weight is 449 g/mol. The number of hydrogen-bond acceptors (Lipinski definition) is 3. The van der Waals surface area contributed by atoms with Crippen molar-refractivity contribution in [1.82, 2.24) is 4.90 Å². The summed E-state index contributed by atoms with van der Waals surface area (Å²) in [4.78, 5) is 2.64. The summed E-state index contributed by atoms with van der Waals surface area (Å²) >= 11 is 0. The Kier molecular flexibility index (Phi) is 6.96. The number of ether oxygens (including phenoxy) is 1. The van der Waals surface area contributed by atoms with Crippen molar-refractivity contribution in [1.29, 1.82) is 0 Å². The molecule has 1 saturated heterocycles. The van der Waals surface area contributed by atoms with Crippen LogP contribution in [0.5, 0.6) is 5.75 Å². The number of rotatable bonds is 3. The second-order valence-corrected chi connectivity index (χ2v) is 9.30. The first kappa shape index (κ1) is 23.2. The maximum Gasteiger partial charge on any atom is 0.127 e. The second-order valence-electron chi connectivity index (χ2n) is 9.30. The van der Waals surface area contributed by atoms with E-state index in [4.69, 9.17) is 4.74 Å². The molecule has 3 aliphatic heterocycles. The van der Waals surface area contributed by atoms with E-state index in [1.807, 2.05) is 0 Å². The summed E-state index contributed by atoms with van der Waals surface area (Å²) in [5.41, 5.74) is 8.44. The first-order chi connectivity index (χ1) is 13.5. The van der Waals surface area contributed by atoms with Crippen LogP contribution < -0.4 is 10.1 Å². The van der Waals surface area contributed by atoms with Crippen molar-refractivity contribution < 1.29 is 4.74 Å². The number of nitrogens with one attached hydrogen (secondary N) is 1. The van der Waals surface area contributed by atoms with Crippen LogP contribution in [-0.4, -0.2) is 36.7 Å². The van der Waals surface area contributed by atoms with Crippen LogP contribution in [-0.2, 0) is 12.8 Å². The molecule has 0 aliphatic carbocycles.